The topological polar surface area (TPSA) is 38.0 Å². The number of halogens is 3. The molecule has 0 heterocycles. The van der Waals surface area contributed by atoms with Crippen molar-refractivity contribution in [2.45, 2.75) is 6.04 Å². The van der Waals surface area contributed by atoms with E-state index in [1.54, 1.807) is 18.2 Å². The van der Waals surface area contributed by atoms with Crippen molar-refractivity contribution in [3.8, 4) is 0 Å². The molecule has 0 spiro atoms. The summed E-state index contributed by atoms with van der Waals surface area (Å²) in [7, 11) is 0. The molecular formula is C13H11ClF2N2. The molecule has 0 amide bonds. The number of benzene rings is 2. The third kappa shape index (κ3) is 2.67. The largest absolute Gasteiger partial charge is 0.271 e. The SMILES string of the molecule is NNC(c1ccc(F)cc1)c1ccc(F)c(Cl)c1. The van der Waals surface area contributed by atoms with Crippen LogP contribution in [0.5, 0.6) is 0 Å². The van der Waals surface area contributed by atoms with Crippen LogP contribution in [0.2, 0.25) is 5.02 Å². The average Bonchev–Trinajstić information content (AvgIpc) is 2.37. The first-order valence-corrected chi connectivity index (χ1v) is 5.66. The van der Waals surface area contributed by atoms with E-state index < -0.39 is 5.82 Å². The first-order valence-electron chi connectivity index (χ1n) is 5.28. The van der Waals surface area contributed by atoms with Crippen molar-refractivity contribution in [2.75, 3.05) is 0 Å². The van der Waals surface area contributed by atoms with Gasteiger partial charge in [-0.1, -0.05) is 29.8 Å². The van der Waals surface area contributed by atoms with E-state index in [0.29, 0.717) is 5.56 Å². The van der Waals surface area contributed by atoms with Gasteiger partial charge in [0.05, 0.1) is 11.1 Å². The van der Waals surface area contributed by atoms with Crippen LogP contribution >= 0.6 is 11.6 Å². The normalized spacial score (nSPS) is 12.4. The Kier molecular flexibility index (Phi) is 3.91. The van der Waals surface area contributed by atoms with Crippen LogP contribution in [0.25, 0.3) is 0 Å². The highest BCUT2D eigenvalue weighted by Gasteiger charge is 2.14. The molecule has 2 nitrogen and oxygen atoms in total. The summed E-state index contributed by atoms with van der Waals surface area (Å²) in [6, 6.07) is 9.86. The van der Waals surface area contributed by atoms with Crippen LogP contribution in [0.4, 0.5) is 8.78 Å². The number of hydrazine groups is 1. The lowest BCUT2D eigenvalue weighted by Crippen LogP contribution is -2.28. The van der Waals surface area contributed by atoms with Crippen molar-refractivity contribution in [2.24, 2.45) is 5.84 Å². The molecule has 3 N–H and O–H groups in total. The third-order valence-electron chi connectivity index (χ3n) is 2.65. The highest BCUT2D eigenvalue weighted by molar-refractivity contribution is 6.30. The summed E-state index contributed by atoms with van der Waals surface area (Å²) >= 11 is 5.72. The van der Waals surface area contributed by atoms with E-state index in [1.807, 2.05) is 0 Å². The Labute approximate surface area is 108 Å². The maximum absolute atomic E-state index is 13.1. The molecule has 0 aliphatic heterocycles. The van der Waals surface area contributed by atoms with E-state index in [9.17, 15) is 8.78 Å². The van der Waals surface area contributed by atoms with Crippen molar-refractivity contribution < 1.29 is 8.78 Å². The van der Waals surface area contributed by atoms with E-state index >= 15 is 0 Å². The standard InChI is InChI=1S/C13H11ClF2N2/c14-11-7-9(3-6-12(11)16)13(18-17)8-1-4-10(15)5-2-8/h1-7,13,18H,17H2. The van der Waals surface area contributed by atoms with Gasteiger partial charge in [-0.25, -0.2) is 14.2 Å². The molecule has 18 heavy (non-hydrogen) atoms. The molecule has 1 unspecified atom stereocenters. The summed E-state index contributed by atoms with van der Waals surface area (Å²) < 4.78 is 25.9. The van der Waals surface area contributed by atoms with E-state index in [4.69, 9.17) is 17.4 Å². The molecule has 5 heteroatoms. The van der Waals surface area contributed by atoms with Gasteiger partial charge in [0, 0.05) is 0 Å². The van der Waals surface area contributed by atoms with Gasteiger partial charge in [0.25, 0.3) is 0 Å². The molecule has 94 valence electrons. The molecule has 2 rings (SSSR count). The maximum Gasteiger partial charge on any atom is 0.141 e. The number of rotatable bonds is 3. The Morgan fingerprint density at radius 1 is 1.00 bits per heavy atom. The lowest BCUT2D eigenvalue weighted by Gasteiger charge is -2.17. The van der Waals surface area contributed by atoms with Crippen LogP contribution in [0, 0.1) is 11.6 Å². The van der Waals surface area contributed by atoms with Gasteiger partial charge in [0.15, 0.2) is 0 Å². The quantitative estimate of drug-likeness (QED) is 0.663. The molecule has 0 aromatic heterocycles. The Hall–Kier alpha value is -1.49. The Balaban J connectivity index is 2.38. The summed E-state index contributed by atoms with van der Waals surface area (Å²) in [5, 5.41) is 0.0230. The number of nitrogens with two attached hydrogens (primary N) is 1. The second-order valence-electron chi connectivity index (χ2n) is 3.82. The number of hydrogen-bond acceptors (Lipinski definition) is 2. The minimum absolute atomic E-state index is 0.0230. The zero-order valence-corrected chi connectivity index (χ0v) is 10.1. The van der Waals surface area contributed by atoms with Gasteiger partial charge in [0.2, 0.25) is 0 Å². The monoisotopic (exact) mass is 268 g/mol. The van der Waals surface area contributed by atoms with Gasteiger partial charge in [-0.2, -0.15) is 0 Å². The average molecular weight is 269 g/mol. The van der Waals surface area contributed by atoms with Crippen LogP contribution in [-0.4, -0.2) is 0 Å². The Morgan fingerprint density at radius 3 is 2.17 bits per heavy atom. The number of nitrogens with one attached hydrogen (secondary N) is 1. The highest BCUT2D eigenvalue weighted by Crippen LogP contribution is 2.25. The van der Waals surface area contributed by atoms with Gasteiger partial charge >= 0.3 is 0 Å². The minimum atomic E-state index is -0.490. The summed E-state index contributed by atoms with van der Waals surface area (Å²) in [5.74, 6) is 4.66. The molecule has 2 aromatic rings. The smallest absolute Gasteiger partial charge is 0.141 e. The molecule has 0 aliphatic carbocycles. The number of hydrogen-bond donors (Lipinski definition) is 2. The summed E-state index contributed by atoms with van der Waals surface area (Å²) in [6.45, 7) is 0. The van der Waals surface area contributed by atoms with Crippen molar-refractivity contribution in [3.05, 3.63) is 70.2 Å². The lowest BCUT2D eigenvalue weighted by atomic mass is 9.99. The van der Waals surface area contributed by atoms with E-state index in [1.165, 1.54) is 24.3 Å². The third-order valence-corrected chi connectivity index (χ3v) is 2.94. The Bertz CT molecular complexity index is 543. The first kappa shape index (κ1) is 13.0. The fourth-order valence-electron chi connectivity index (χ4n) is 1.73. The first-order chi connectivity index (χ1) is 8.61. The molecule has 0 radical (unpaired) electrons. The highest BCUT2D eigenvalue weighted by atomic mass is 35.5. The minimum Gasteiger partial charge on any atom is -0.271 e. The van der Waals surface area contributed by atoms with E-state index in [0.717, 1.165) is 5.56 Å². The van der Waals surface area contributed by atoms with Gasteiger partial charge < -0.3 is 0 Å². The van der Waals surface area contributed by atoms with E-state index in [2.05, 4.69) is 5.43 Å². The predicted molar refractivity (Wildman–Crippen MR) is 67.0 cm³/mol. The van der Waals surface area contributed by atoms with Crippen LogP contribution < -0.4 is 11.3 Å². The molecule has 0 bridgehead atoms. The summed E-state index contributed by atoms with van der Waals surface area (Å²) in [4.78, 5) is 0. The molecule has 0 fully saturated rings. The lowest BCUT2D eigenvalue weighted by molar-refractivity contribution is 0.609. The van der Waals surface area contributed by atoms with Gasteiger partial charge in [-0.3, -0.25) is 5.84 Å². The van der Waals surface area contributed by atoms with Crippen LogP contribution in [0.1, 0.15) is 17.2 Å². The summed E-state index contributed by atoms with van der Waals surface area (Å²) in [5.41, 5.74) is 4.07. The second kappa shape index (κ2) is 5.44. The maximum atomic E-state index is 13.1. The predicted octanol–water partition coefficient (Wildman–Crippen LogP) is 3.17. The molecule has 0 aliphatic rings. The zero-order chi connectivity index (χ0) is 13.1. The molecular weight excluding hydrogens is 258 g/mol. The van der Waals surface area contributed by atoms with Crippen LogP contribution in [0.3, 0.4) is 0 Å². The fraction of sp³-hybridized carbons (Fsp3) is 0.0769. The van der Waals surface area contributed by atoms with Crippen LogP contribution in [0.15, 0.2) is 42.5 Å². The van der Waals surface area contributed by atoms with Crippen molar-refractivity contribution >= 4 is 11.6 Å². The molecule has 1 atom stereocenters. The van der Waals surface area contributed by atoms with Crippen LogP contribution in [-0.2, 0) is 0 Å². The van der Waals surface area contributed by atoms with Crippen molar-refractivity contribution in [3.63, 3.8) is 0 Å². The molecule has 2 aromatic carbocycles. The van der Waals surface area contributed by atoms with Crippen molar-refractivity contribution in [1.29, 1.82) is 0 Å². The molecule has 0 saturated heterocycles. The Morgan fingerprint density at radius 2 is 1.61 bits per heavy atom. The van der Waals surface area contributed by atoms with E-state index in [-0.39, 0.29) is 16.9 Å². The molecule has 0 saturated carbocycles. The van der Waals surface area contributed by atoms with Crippen molar-refractivity contribution in [1.82, 2.24) is 5.43 Å². The van der Waals surface area contributed by atoms with Gasteiger partial charge in [-0.05, 0) is 35.4 Å². The fourth-order valence-corrected chi connectivity index (χ4v) is 1.92. The second-order valence-corrected chi connectivity index (χ2v) is 4.23. The zero-order valence-electron chi connectivity index (χ0n) is 9.33. The van der Waals surface area contributed by atoms with Gasteiger partial charge in [0.1, 0.15) is 11.6 Å². The van der Waals surface area contributed by atoms with Gasteiger partial charge in [-0.15, -0.1) is 0 Å². The summed E-state index contributed by atoms with van der Waals surface area (Å²) in [6.07, 6.45) is 0.